The Bertz CT molecular complexity index is 1370. The van der Waals surface area contributed by atoms with Crippen LogP contribution in [0.5, 0.6) is 0 Å². The van der Waals surface area contributed by atoms with Crippen molar-refractivity contribution in [3.63, 3.8) is 0 Å². The number of pyridine rings is 1. The summed E-state index contributed by atoms with van der Waals surface area (Å²) in [7, 11) is 0. The first-order valence-corrected chi connectivity index (χ1v) is 10.1. The van der Waals surface area contributed by atoms with Crippen LogP contribution in [0.4, 0.5) is 21.6 Å². The summed E-state index contributed by atoms with van der Waals surface area (Å²) in [4.78, 5) is 23.2. The number of nitrogens with one attached hydrogen (secondary N) is 1. The van der Waals surface area contributed by atoms with Gasteiger partial charge in [-0.05, 0) is 54.8 Å². The molecule has 31 heavy (non-hydrogen) atoms. The van der Waals surface area contributed by atoms with E-state index >= 15 is 0 Å². The lowest BCUT2D eigenvalue weighted by atomic mass is 10.0. The van der Waals surface area contributed by atoms with Gasteiger partial charge in [0.25, 0.3) is 5.56 Å². The average Bonchev–Trinajstić information content (AvgIpc) is 2.76. The molecule has 7 nitrogen and oxygen atoms in total. The Morgan fingerprint density at radius 3 is 2.81 bits per heavy atom. The van der Waals surface area contributed by atoms with E-state index < -0.39 is 0 Å². The molecule has 1 aliphatic heterocycles. The molecule has 1 aliphatic rings. The van der Waals surface area contributed by atoms with Crippen LogP contribution in [0.2, 0.25) is 0 Å². The Balaban J connectivity index is 1.46. The lowest BCUT2D eigenvalue weighted by molar-refractivity contribution is 0.628. The Kier molecular flexibility index (Phi) is 4.62. The molecule has 1 N–H and O–H groups in total. The van der Waals surface area contributed by atoms with Crippen LogP contribution in [-0.2, 0) is 13.0 Å². The maximum absolute atomic E-state index is 13.6. The van der Waals surface area contributed by atoms with Crippen molar-refractivity contribution in [2.75, 3.05) is 16.8 Å². The van der Waals surface area contributed by atoms with E-state index in [0.717, 1.165) is 46.9 Å². The molecule has 0 atom stereocenters. The number of fused-ring (bicyclic) bond motifs is 2. The van der Waals surface area contributed by atoms with Gasteiger partial charge in [-0.15, -0.1) is 5.10 Å². The summed E-state index contributed by atoms with van der Waals surface area (Å²) in [5, 5.41) is 7.84. The highest BCUT2D eigenvalue weighted by molar-refractivity contribution is 5.64. The van der Waals surface area contributed by atoms with Crippen molar-refractivity contribution < 1.29 is 4.39 Å². The van der Waals surface area contributed by atoms with Crippen LogP contribution in [0.3, 0.4) is 0 Å². The van der Waals surface area contributed by atoms with Crippen molar-refractivity contribution in [2.24, 2.45) is 0 Å². The van der Waals surface area contributed by atoms with Crippen LogP contribution < -0.4 is 15.8 Å². The van der Waals surface area contributed by atoms with Gasteiger partial charge >= 0.3 is 0 Å². The van der Waals surface area contributed by atoms with Gasteiger partial charge < -0.3 is 10.2 Å². The van der Waals surface area contributed by atoms with Gasteiger partial charge in [-0.1, -0.05) is 6.07 Å². The summed E-state index contributed by atoms with van der Waals surface area (Å²) in [5.74, 6) is 0.473. The van der Waals surface area contributed by atoms with Crippen LogP contribution in [0, 0.1) is 19.7 Å². The first kappa shape index (κ1) is 19.2. The first-order chi connectivity index (χ1) is 15.0. The van der Waals surface area contributed by atoms with E-state index in [-0.39, 0.29) is 11.4 Å². The van der Waals surface area contributed by atoms with E-state index in [4.69, 9.17) is 0 Å². The molecular weight excluding hydrogens is 395 g/mol. The van der Waals surface area contributed by atoms with Crippen LogP contribution in [0.25, 0.3) is 5.65 Å². The summed E-state index contributed by atoms with van der Waals surface area (Å²) in [6, 6.07) is 10.0. The standard InChI is InChI=1S/C23H21FN6O/c1-14-3-4-17(24)11-20(14)27-18-10-16-13-29(8-6-19(16)26-12-18)23-15(2)9-21-25-7-5-22(31)30(21)28-23/h3-5,7,9-12,27H,6,8,13H2,1-2H3. The molecule has 0 aliphatic carbocycles. The average molecular weight is 416 g/mol. The van der Waals surface area contributed by atoms with Gasteiger partial charge in [-0.2, -0.15) is 4.52 Å². The summed E-state index contributed by atoms with van der Waals surface area (Å²) >= 11 is 0. The molecule has 0 bridgehead atoms. The number of benzene rings is 1. The summed E-state index contributed by atoms with van der Waals surface area (Å²) in [6.45, 7) is 5.28. The molecule has 156 valence electrons. The van der Waals surface area contributed by atoms with E-state index in [2.05, 4.69) is 25.3 Å². The lowest BCUT2D eigenvalue weighted by Gasteiger charge is -2.30. The van der Waals surface area contributed by atoms with Crippen molar-refractivity contribution in [3.8, 4) is 0 Å². The number of hydrogen-bond donors (Lipinski definition) is 1. The van der Waals surface area contributed by atoms with E-state index in [9.17, 15) is 9.18 Å². The van der Waals surface area contributed by atoms with E-state index in [1.807, 2.05) is 26.0 Å². The topological polar surface area (TPSA) is 75.4 Å². The number of hydrogen-bond acceptors (Lipinski definition) is 6. The Morgan fingerprint density at radius 1 is 1.06 bits per heavy atom. The fourth-order valence-corrected chi connectivity index (χ4v) is 3.92. The summed E-state index contributed by atoms with van der Waals surface area (Å²) in [5.41, 5.74) is 5.87. The molecule has 0 amide bonds. The summed E-state index contributed by atoms with van der Waals surface area (Å²) < 4.78 is 15.0. The van der Waals surface area contributed by atoms with Gasteiger partial charge in [-0.3, -0.25) is 9.78 Å². The second kappa shape index (κ2) is 7.46. The first-order valence-electron chi connectivity index (χ1n) is 10.1. The smallest absolute Gasteiger partial charge is 0.274 e. The Morgan fingerprint density at radius 2 is 1.94 bits per heavy atom. The van der Waals surface area contributed by atoms with E-state index in [1.165, 1.54) is 28.9 Å². The van der Waals surface area contributed by atoms with Gasteiger partial charge in [0.05, 0.1) is 11.9 Å². The van der Waals surface area contributed by atoms with Crippen LogP contribution >= 0.6 is 0 Å². The fourth-order valence-electron chi connectivity index (χ4n) is 3.92. The zero-order valence-corrected chi connectivity index (χ0v) is 17.3. The lowest BCUT2D eigenvalue weighted by Crippen LogP contribution is -2.33. The summed E-state index contributed by atoms with van der Waals surface area (Å²) in [6.07, 6.45) is 4.05. The van der Waals surface area contributed by atoms with Gasteiger partial charge in [0.2, 0.25) is 0 Å². The zero-order chi connectivity index (χ0) is 21.5. The number of anilines is 3. The molecule has 8 heteroatoms. The third-order valence-corrected chi connectivity index (χ3v) is 5.56. The maximum atomic E-state index is 13.6. The van der Waals surface area contributed by atoms with E-state index in [0.29, 0.717) is 17.9 Å². The van der Waals surface area contributed by atoms with Crippen molar-refractivity contribution in [2.45, 2.75) is 26.8 Å². The normalized spacial score (nSPS) is 13.3. The van der Waals surface area contributed by atoms with Gasteiger partial charge in [-0.25, -0.2) is 9.37 Å². The highest BCUT2D eigenvalue weighted by Crippen LogP contribution is 2.28. The van der Waals surface area contributed by atoms with Crippen molar-refractivity contribution in [1.29, 1.82) is 0 Å². The molecule has 3 aromatic heterocycles. The number of aryl methyl sites for hydroxylation is 2. The molecule has 0 unspecified atom stereocenters. The predicted molar refractivity (Wildman–Crippen MR) is 117 cm³/mol. The number of halogens is 1. The highest BCUT2D eigenvalue weighted by Gasteiger charge is 2.21. The second-order valence-electron chi connectivity index (χ2n) is 7.79. The fraction of sp³-hybridized carbons (Fsp3) is 0.217. The molecule has 1 aromatic carbocycles. The molecule has 0 fully saturated rings. The molecule has 0 saturated carbocycles. The number of nitrogens with zero attached hydrogens (tertiary/aromatic N) is 5. The third kappa shape index (κ3) is 3.61. The van der Waals surface area contributed by atoms with Crippen molar-refractivity contribution in [3.05, 3.63) is 87.3 Å². The molecule has 0 spiro atoms. The third-order valence-electron chi connectivity index (χ3n) is 5.56. The predicted octanol–water partition coefficient (Wildman–Crippen LogP) is 3.55. The SMILES string of the molecule is Cc1ccc(F)cc1Nc1cnc2c(c1)CN(c1nn3c(=O)ccnc3cc1C)CC2. The Hall–Kier alpha value is -3.81. The van der Waals surface area contributed by atoms with Crippen molar-refractivity contribution in [1.82, 2.24) is 19.6 Å². The number of aromatic nitrogens is 4. The van der Waals surface area contributed by atoms with Crippen LogP contribution in [-0.4, -0.2) is 26.1 Å². The minimum Gasteiger partial charge on any atom is -0.354 e. The monoisotopic (exact) mass is 416 g/mol. The van der Waals surface area contributed by atoms with Gasteiger partial charge in [0.1, 0.15) is 5.82 Å². The molecule has 4 aromatic rings. The van der Waals surface area contributed by atoms with Gasteiger partial charge in [0.15, 0.2) is 11.5 Å². The molecule has 4 heterocycles. The molecule has 0 saturated heterocycles. The second-order valence-corrected chi connectivity index (χ2v) is 7.79. The largest absolute Gasteiger partial charge is 0.354 e. The van der Waals surface area contributed by atoms with Crippen molar-refractivity contribution >= 4 is 22.8 Å². The van der Waals surface area contributed by atoms with Gasteiger partial charge in [0, 0.05) is 43.2 Å². The Labute approximate surface area is 178 Å². The minimum absolute atomic E-state index is 0.206. The molecule has 0 radical (unpaired) electrons. The highest BCUT2D eigenvalue weighted by atomic mass is 19.1. The van der Waals surface area contributed by atoms with Crippen LogP contribution in [0.15, 0.2) is 53.6 Å². The van der Waals surface area contributed by atoms with Crippen LogP contribution in [0.1, 0.15) is 22.4 Å². The quantitative estimate of drug-likeness (QED) is 0.551. The molecule has 5 rings (SSSR count). The minimum atomic E-state index is -0.284. The number of rotatable bonds is 3. The maximum Gasteiger partial charge on any atom is 0.274 e. The molecular formula is C23H21FN6O. The zero-order valence-electron chi connectivity index (χ0n) is 17.3. The van der Waals surface area contributed by atoms with E-state index in [1.54, 1.807) is 12.3 Å².